The minimum atomic E-state index is -1.83. The Morgan fingerprint density at radius 2 is 2.12 bits per heavy atom. The fraction of sp³-hybridized carbons (Fsp3) is 0.417. The van der Waals surface area contributed by atoms with E-state index in [0.717, 1.165) is 0 Å². The maximum absolute atomic E-state index is 12.7. The van der Waals surface area contributed by atoms with Crippen LogP contribution in [0.1, 0.15) is 5.56 Å². The van der Waals surface area contributed by atoms with Gasteiger partial charge in [0.1, 0.15) is 5.82 Å². The number of carbonyl (C=O) groups is 1. The van der Waals surface area contributed by atoms with Gasteiger partial charge in [-0.05, 0) is 17.7 Å². The third kappa shape index (κ3) is 2.45. The third-order valence-electron chi connectivity index (χ3n) is 2.81. The summed E-state index contributed by atoms with van der Waals surface area (Å²) in [7, 11) is 1.61. The normalized spacial score (nSPS) is 25.1. The molecule has 1 heterocycles. The van der Waals surface area contributed by atoms with Crippen LogP contribution < -0.4 is 0 Å². The highest BCUT2D eigenvalue weighted by Crippen LogP contribution is 2.21. The average molecular weight is 239 g/mol. The van der Waals surface area contributed by atoms with Crippen molar-refractivity contribution in [3.05, 3.63) is 35.6 Å². The second-order valence-corrected chi connectivity index (χ2v) is 4.16. The molecular weight excluding hydrogens is 225 g/mol. The molecule has 0 aromatic heterocycles. The van der Waals surface area contributed by atoms with E-state index < -0.39 is 11.7 Å². The average Bonchev–Trinajstić information content (AvgIpc) is 2.29. The van der Waals surface area contributed by atoms with Gasteiger partial charge in [-0.25, -0.2) is 4.39 Å². The van der Waals surface area contributed by atoms with Gasteiger partial charge in [-0.15, -0.1) is 0 Å². The van der Waals surface area contributed by atoms with Gasteiger partial charge in [-0.3, -0.25) is 4.79 Å². The lowest BCUT2D eigenvalue weighted by atomic mass is 10.0. The highest BCUT2D eigenvalue weighted by Gasteiger charge is 2.42. The van der Waals surface area contributed by atoms with Crippen molar-refractivity contribution in [3.8, 4) is 0 Å². The Morgan fingerprint density at radius 1 is 1.47 bits per heavy atom. The standard InChI is InChI=1S/C12H14FNO3/c1-14-6-7-17-12(16,11(14)15)8-9-2-4-10(13)5-3-9/h2-5,16H,6-8H2,1H3. The first kappa shape index (κ1) is 12.0. The molecule has 1 atom stereocenters. The van der Waals surface area contributed by atoms with Crippen LogP contribution in [0.4, 0.5) is 4.39 Å². The summed E-state index contributed by atoms with van der Waals surface area (Å²) in [5.74, 6) is -2.65. The van der Waals surface area contributed by atoms with Gasteiger partial charge in [0, 0.05) is 20.0 Å². The number of likely N-dealkylation sites (N-methyl/N-ethyl adjacent to an activating group) is 1. The fourth-order valence-electron chi connectivity index (χ4n) is 1.82. The number of hydrogen-bond acceptors (Lipinski definition) is 3. The number of hydrogen-bond donors (Lipinski definition) is 1. The predicted octanol–water partition coefficient (Wildman–Crippen LogP) is 0.545. The van der Waals surface area contributed by atoms with E-state index in [2.05, 4.69) is 0 Å². The van der Waals surface area contributed by atoms with Gasteiger partial charge in [0.05, 0.1) is 6.61 Å². The number of ether oxygens (including phenoxy) is 1. The van der Waals surface area contributed by atoms with E-state index in [1.54, 1.807) is 7.05 Å². The second-order valence-electron chi connectivity index (χ2n) is 4.16. The number of halogens is 1. The summed E-state index contributed by atoms with van der Waals surface area (Å²) in [5, 5.41) is 10.1. The maximum atomic E-state index is 12.7. The first-order chi connectivity index (χ1) is 8.01. The van der Waals surface area contributed by atoms with Crippen LogP contribution in [0.2, 0.25) is 0 Å². The first-order valence-electron chi connectivity index (χ1n) is 5.38. The van der Waals surface area contributed by atoms with Crippen LogP contribution in [0.5, 0.6) is 0 Å². The first-order valence-corrected chi connectivity index (χ1v) is 5.38. The Hall–Kier alpha value is -1.46. The lowest BCUT2D eigenvalue weighted by molar-refractivity contribution is -0.230. The summed E-state index contributed by atoms with van der Waals surface area (Å²) in [6.07, 6.45) is 0.0243. The van der Waals surface area contributed by atoms with E-state index >= 15 is 0 Å². The molecule has 2 rings (SSSR count). The number of benzene rings is 1. The summed E-state index contributed by atoms with van der Waals surface area (Å²) in [5.41, 5.74) is 0.651. The molecule has 0 aliphatic carbocycles. The van der Waals surface area contributed by atoms with E-state index in [4.69, 9.17) is 4.74 Å². The molecule has 1 N–H and O–H groups in total. The molecule has 1 fully saturated rings. The van der Waals surface area contributed by atoms with Crippen LogP contribution in [0.3, 0.4) is 0 Å². The summed E-state index contributed by atoms with van der Waals surface area (Å²) in [6, 6.07) is 5.63. The molecule has 0 spiro atoms. The summed E-state index contributed by atoms with van der Waals surface area (Å²) < 4.78 is 17.9. The molecule has 1 amide bonds. The van der Waals surface area contributed by atoms with Crippen LogP contribution in [-0.2, 0) is 16.0 Å². The maximum Gasteiger partial charge on any atom is 0.282 e. The monoisotopic (exact) mass is 239 g/mol. The number of nitrogens with zero attached hydrogens (tertiary/aromatic N) is 1. The molecule has 17 heavy (non-hydrogen) atoms. The summed E-state index contributed by atoms with van der Waals surface area (Å²) in [6.45, 7) is 0.754. The number of amides is 1. The Labute approximate surface area is 98.6 Å². The molecule has 1 aromatic rings. The van der Waals surface area contributed by atoms with Crippen molar-refractivity contribution in [3.63, 3.8) is 0 Å². The largest absolute Gasteiger partial charge is 0.358 e. The topological polar surface area (TPSA) is 49.8 Å². The van der Waals surface area contributed by atoms with Crippen LogP contribution in [0.15, 0.2) is 24.3 Å². The predicted molar refractivity (Wildman–Crippen MR) is 58.6 cm³/mol. The highest BCUT2D eigenvalue weighted by atomic mass is 19.1. The van der Waals surface area contributed by atoms with Crippen molar-refractivity contribution in [1.29, 1.82) is 0 Å². The van der Waals surface area contributed by atoms with Crippen molar-refractivity contribution < 1.29 is 19.0 Å². The summed E-state index contributed by atoms with van der Waals surface area (Å²) >= 11 is 0. The smallest absolute Gasteiger partial charge is 0.282 e. The molecule has 0 saturated carbocycles. The van der Waals surface area contributed by atoms with Crippen molar-refractivity contribution in [2.45, 2.75) is 12.2 Å². The minimum absolute atomic E-state index is 0.0243. The van der Waals surface area contributed by atoms with E-state index in [9.17, 15) is 14.3 Å². The van der Waals surface area contributed by atoms with Crippen molar-refractivity contribution >= 4 is 5.91 Å². The lowest BCUT2D eigenvalue weighted by Gasteiger charge is -2.36. The highest BCUT2D eigenvalue weighted by molar-refractivity contribution is 5.84. The van der Waals surface area contributed by atoms with E-state index in [0.29, 0.717) is 18.7 Å². The van der Waals surface area contributed by atoms with Gasteiger partial charge < -0.3 is 14.7 Å². The number of carbonyl (C=O) groups excluding carboxylic acids is 1. The zero-order valence-electron chi connectivity index (χ0n) is 9.52. The third-order valence-corrected chi connectivity index (χ3v) is 2.81. The molecule has 1 unspecified atom stereocenters. The second kappa shape index (κ2) is 4.43. The van der Waals surface area contributed by atoms with Crippen LogP contribution >= 0.6 is 0 Å². The van der Waals surface area contributed by atoms with Gasteiger partial charge >= 0.3 is 0 Å². The van der Waals surface area contributed by atoms with Crippen LogP contribution in [0.25, 0.3) is 0 Å². The van der Waals surface area contributed by atoms with Gasteiger partial charge in [0.25, 0.3) is 11.7 Å². The quantitative estimate of drug-likeness (QED) is 0.819. The van der Waals surface area contributed by atoms with Gasteiger partial charge in [-0.1, -0.05) is 12.1 Å². The van der Waals surface area contributed by atoms with Crippen molar-refractivity contribution in [2.24, 2.45) is 0 Å². The summed E-state index contributed by atoms with van der Waals surface area (Å²) in [4.78, 5) is 13.2. The van der Waals surface area contributed by atoms with Gasteiger partial charge in [0.2, 0.25) is 0 Å². The minimum Gasteiger partial charge on any atom is -0.358 e. The fourth-order valence-corrected chi connectivity index (χ4v) is 1.82. The van der Waals surface area contributed by atoms with Gasteiger partial charge in [-0.2, -0.15) is 0 Å². The van der Waals surface area contributed by atoms with Crippen LogP contribution in [-0.4, -0.2) is 41.9 Å². The Morgan fingerprint density at radius 3 is 2.76 bits per heavy atom. The molecule has 4 nitrogen and oxygen atoms in total. The SMILES string of the molecule is CN1CCOC(O)(Cc2ccc(F)cc2)C1=O. The zero-order chi connectivity index (χ0) is 12.5. The molecular formula is C12H14FNO3. The molecule has 0 radical (unpaired) electrons. The number of aliphatic hydroxyl groups is 1. The van der Waals surface area contributed by atoms with Crippen molar-refractivity contribution in [2.75, 3.05) is 20.2 Å². The molecule has 5 heteroatoms. The lowest BCUT2D eigenvalue weighted by Crippen LogP contribution is -2.56. The Balaban J connectivity index is 2.16. The van der Waals surface area contributed by atoms with Crippen LogP contribution in [0, 0.1) is 5.82 Å². The molecule has 1 aliphatic heterocycles. The molecule has 92 valence electrons. The number of morpholine rings is 1. The molecule has 0 bridgehead atoms. The van der Waals surface area contributed by atoms with E-state index in [1.807, 2.05) is 0 Å². The zero-order valence-corrected chi connectivity index (χ0v) is 9.52. The number of rotatable bonds is 2. The molecule has 1 aliphatic rings. The molecule has 1 aromatic carbocycles. The van der Waals surface area contributed by atoms with E-state index in [1.165, 1.54) is 29.2 Å². The van der Waals surface area contributed by atoms with Crippen molar-refractivity contribution in [1.82, 2.24) is 4.90 Å². The van der Waals surface area contributed by atoms with E-state index in [-0.39, 0.29) is 12.2 Å². The Bertz CT molecular complexity index is 420. The van der Waals surface area contributed by atoms with Gasteiger partial charge in [0.15, 0.2) is 0 Å². The Kier molecular flexibility index (Phi) is 3.13. The molecule has 1 saturated heterocycles.